The summed E-state index contributed by atoms with van der Waals surface area (Å²) in [6.07, 6.45) is 2.55. The fraction of sp³-hybridized carbons (Fsp3) is 0.500. The molecule has 50 heavy (non-hydrogen) atoms. The topological polar surface area (TPSA) is 132 Å². The number of ether oxygens (including phenoxy) is 3. The van der Waals surface area contributed by atoms with Crippen LogP contribution in [-0.4, -0.2) is 153 Å². The number of benzene rings is 2. The van der Waals surface area contributed by atoms with E-state index in [1.807, 2.05) is 12.1 Å². The van der Waals surface area contributed by atoms with E-state index in [0.29, 0.717) is 75.7 Å². The summed E-state index contributed by atoms with van der Waals surface area (Å²) in [5.74, 6) is 2.25. The molecule has 14 nitrogen and oxygen atoms in total. The Kier molecular flexibility index (Phi) is 10.5. The highest BCUT2D eigenvalue weighted by molar-refractivity contribution is 7.89. The Bertz CT molecular complexity index is 1900. The summed E-state index contributed by atoms with van der Waals surface area (Å²) in [6.45, 7) is 10.4. The van der Waals surface area contributed by atoms with Crippen LogP contribution in [0.1, 0.15) is 6.42 Å². The normalized spacial score (nSPS) is 18.5. The maximum absolute atomic E-state index is 13.0. The lowest BCUT2D eigenvalue weighted by Crippen LogP contribution is -2.50. The Morgan fingerprint density at radius 1 is 0.960 bits per heavy atom. The van der Waals surface area contributed by atoms with Crippen LogP contribution in [0.5, 0.6) is 11.5 Å². The monoisotopic (exact) mass is 723 g/mol. The van der Waals surface area contributed by atoms with Crippen molar-refractivity contribution < 1.29 is 22.6 Å². The molecule has 2 N–H and O–H groups in total. The quantitative estimate of drug-likeness (QED) is 0.184. The number of morpholine rings is 1. The van der Waals surface area contributed by atoms with Gasteiger partial charge in [0.05, 0.1) is 42.7 Å². The summed E-state index contributed by atoms with van der Waals surface area (Å²) in [5.41, 5.74) is 2.42. The standard InChI is InChI=1S/C34H45N9O5S2/c1-39-9-11-40(12-10-39)8-3-19-48-30-23-28-27(22-29(30)46-2)31-32(38-28)35-24-36-33(31)41-13-15-42(16-14-41)34(49)37-25-4-6-26(7-5-25)50(44,45)43-17-20-47-21-18-43/h4-7,22-24H,3,8-21H2,1-2H3,(H,37,49)(H,35,36,38). The zero-order chi connectivity index (χ0) is 34.7. The van der Waals surface area contributed by atoms with Crippen molar-refractivity contribution in [2.75, 3.05) is 116 Å². The number of nitrogens with one attached hydrogen (secondary N) is 2. The highest BCUT2D eigenvalue weighted by atomic mass is 32.2. The largest absolute Gasteiger partial charge is 0.493 e. The van der Waals surface area contributed by atoms with E-state index in [9.17, 15) is 8.42 Å². The molecule has 0 aliphatic carbocycles. The van der Waals surface area contributed by atoms with E-state index in [0.717, 1.165) is 72.6 Å². The summed E-state index contributed by atoms with van der Waals surface area (Å²) in [5, 5.41) is 5.80. The molecule has 0 saturated carbocycles. The Balaban J connectivity index is 0.978. The number of hydrogen-bond donors (Lipinski definition) is 2. The molecule has 4 aromatic rings. The number of H-pyrrole nitrogens is 1. The molecule has 5 heterocycles. The molecular weight excluding hydrogens is 679 g/mol. The maximum atomic E-state index is 13.0. The van der Waals surface area contributed by atoms with Gasteiger partial charge in [-0.05, 0) is 56.0 Å². The van der Waals surface area contributed by atoms with Gasteiger partial charge in [-0.2, -0.15) is 4.31 Å². The van der Waals surface area contributed by atoms with Crippen molar-refractivity contribution in [1.29, 1.82) is 0 Å². The molecular formula is C34H45N9O5S2. The number of likely N-dealkylation sites (N-methyl/N-ethyl adjacent to an activating group) is 1. The summed E-state index contributed by atoms with van der Waals surface area (Å²) in [7, 11) is 0.289. The number of rotatable bonds is 10. The lowest BCUT2D eigenvalue weighted by molar-refractivity contribution is 0.0730. The van der Waals surface area contributed by atoms with Crippen molar-refractivity contribution >= 4 is 60.8 Å². The highest BCUT2D eigenvalue weighted by Gasteiger charge is 2.27. The number of sulfonamides is 1. The van der Waals surface area contributed by atoms with Gasteiger partial charge in [0.15, 0.2) is 16.6 Å². The van der Waals surface area contributed by atoms with E-state index in [2.05, 4.69) is 41.9 Å². The number of nitrogens with zero attached hydrogens (tertiary/aromatic N) is 7. The molecule has 2 aromatic carbocycles. The van der Waals surface area contributed by atoms with Crippen LogP contribution in [0.2, 0.25) is 0 Å². The summed E-state index contributed by atoms with van der Waals surface area (Å²) in [6, 6.07) is 10.8. The number of aromatic amines is 1. The molecule has 0 spiro atoms. The average molecular weight is 724 g/mol. The van der Waals surface area contributed by atoms with Crippen LogP contribution in [0, 0.1) is 0 Å². The number of thiocarbonyl (C=S) groups is 1. The second-order valence-corrected chi connectivity index (χ2v) is 15.2. The van der Waals surface area contributed by atoms with E-state index >= 15 is 0 Å². The van der Waals surface area contributed by atoms with Crippen LogP contribution in [0.3, 0.4) is 0 Å². The fourth-order valence-corrected chi connectivity index (χ4v) is 8.45. The van der Waals surface area contributed by atoms with Gasteiger partial charge >= 0.3 is 0 Å². The lowest BCUT2D eigenvalue weighted by atomic mass is 10.1. The third kappa shape index (κ3) is 7.45. The molecule has 16 heteroatoms. The van der Waals surface area contributed by atoms with Crippen molar-refractivity contribution in [3.8, 4) is 11.5 Å². The maximum Gasteiger partial charge on any atom is 0.243 e. The van der Waals surface area contributed by atoms with Crippen LogP contribution in [0.15, 0.2) is 47.6 Å². The molecule has 7 rings (SSSR count). The predicted octanol–water partition coefficient (Wildman–Crippen LogP) is 2.68. The second kappa shape index (κ2) is 15.2. The van der Waals surface area contributed by atoms with Crippen molar-refractivity contribution in [3.05, 3.63) is 42.7 Å². The Morgan fingerprint density at radius 3 is 2.42 bits per heavy atom. The number of anilines is 2. The molecule has 0 unspecified atom stereocenters. The minimum Gasteiger partial charge on any atom is -0.493 e. The van der Waals surface area contributed by atoms with Gasteiger partial charge in [-0.15, -0.1) is 0 Å². The van der Waals surface area contributed by atoms with Crippen molar-refractivity contribution in [2.45, 2.75) is 11.3 Å². The molecule has 268 valence electrons. The smallest absolute Gasteiger partial charge is 0.243 e. The third-order valence-corrected chi connectivity index (χ3v) is 12.0. The summed E-state index contributed by atoms with van der Waals surface area (Å²) in [4.78, 5) is 22.3. The number of piperazine rings is 2. The molecule has 0 amide bonds. The van der Waals surface area contributed by atoms with Gasteiger partial charge in [0.2, 0.25) is 10.0 Å². The molecule has 3 fully saturated rings. The Hall–Kier alpha value is -3.80. The first-order valence-corrected chi connectivity index (χ1v) is 19.0. The number of hydrogen-bond acceptors (Lipinski definition) is 11. The molecule has 0 radical (unpaired) electrons. The number of aromatic nitrogens is 3. The molecule has 3 saturated heterocycles. The van der Waals surface area contributed by atoms with Crippen molar-refractivity contribution in [3.63, 3.8) is 0 Å². The van der Waals surface area contributed by atoms with Crippen molar-refractivity contribution in [1.82, 2.24) is 34.0 Å². The SMILES string of the molecule is COc1cc2c(cc1OCCCN1CCN(C)CC1)[nH]c1ncnc(N3CCN(C(=S)Nc4ccc(S(=O)(=O)N5CCOCC5)cc4)CC3)c12. The van der Waals surface area contributed by atoms with E-state index < -0.39 is 10.0 Å². The van der Waals surface area contributed by atoms with Gasteiger partial charge in [0.1, 0.15) is 17.8 Å². The van der Waals surface area contributed by atoms with Gasteiger partial charge in [-0.25, -0.2) is 18.4 Å². The van der Waals surface area contributed by atoms with Crippen LogP contribution in [0.4, 0.5) is 11.5 Å². The minimum atomic E-state index is -3.55. The van der Waals surface area contributed by atoms with Gasteiger partial charge in [0.25, 0.3) is 0 Å². The summed E-state index contributed by atoms with van der Waals surface area (Å²) >= 11 is 5.76. The van der Waals surface area contributed by atoms with E-state index in [-0.39, 0.29) is 4.90 Å². The lowest BCUT2D eigenvalue weighted by Gasteiger charge is -2.37. The van der Waals surface area contributed by atoms with Crippen molar-refractivity contribution in [2.24, 2.45) is 0 Å². The van der Waals surface area contributed by atoms with E-state index in [4.69, 9.17) is 31.4 Å². The molecule has 0 atom stereocenters. The van der Waals surface area contributed by atoms with Crippen LogP contribution in [-0.2, 0) is 14.8 Å². The first kappa shape index (κ1) is 34.6. The first-order chi connectivity index (χ1) is 24.3. The van der Waals surface area contributed by atoms with Gasteiger partial charge in [0, 0.05) is 89.1 Å². The molecule has 3 aliphatic rings. The number of fused-ring (bicyclic) bond motifs is 3. The first-order valence-electron chi connectivity index (χ1n) is 17.2. The van der Waals surface area contributed by atoms with Crippen LogP contribution >= 0.6 is 12.2 Å². The van der Waals surface area contributed by atoms with Gasteiger partial charge < -0.3 is 44.1 Å². The van der Waals surface area contributed by atoms with E-state index in [1.54, 1.807) is 37.7 Å². The Morgan fingerprint density at radius 2 is 1.70 bits per heavy atom. The predicted molar refractivity (Wildman–Crippen MR) is 198 cm³/mol. The fourth-order valence-electron chi connectivity index (χ4n) is 6.74. The highest BCUT2D eigenvalue weighted by Crippen LogP contribution is 2.38. The van der Waals surface area contributed by atoms with E-state index in [1.165, 1.54) is 4.31 Å². The molecule has 0 bridgehead atoms. The minimum absolute atomic E-state index is 0.260. The Labute approximate surface area is 298 Å². The number of methoxy groups -OCH3 is 1. The average Bonchev–Trinajstić information content (AvgIpc) is 3.52. The van der Waals surface area contributed by atoms with Crippen LogP contribution < -0.4 is 19.7 Å². The second-order valence-electron chi connectivity index (χ2n) is 12.9. The molecule has 2 aromatic heterocycles. The zero-order valence-corrected chi connectivity index (χ0v) is 30.3. The zero-order valence-electron chi connectivity index (χ0n) is 28.6. The third-order valence-electron chi connectivity index (χ3n) is 9.71. The van der Waals surface area contributed by atoms with Crippen LogP contribution in [0.25, 0.3) is 21.9 Å². The van der Waals surface area contributed by atoms with Gasteiger partial charge in [-0.1, -0.05) is 0 Å². The summed E-state index contributed by atoms with van der Waals surface area (Å²) < 4.78 is 44.7. The van der Waals surface area contributed by atoms with Gasteiger partial charge in [-0.3, -0.25) is 0 Å². The molecule has 3 aliphatic heterocycles.